The maximum Gasteiger partial charge on any atom is 0.267 e. The van der Waals surface area contributed by atoms with Gasteiger partial charge in [0.2, 0.25) is 10.0 Å². The van der Waals surface area contributed by atoms with E-state index < -0.39 is 22.3 Å². The summed E-state index contributed by atoms with van der Waals surface area (Å²) in [4.78, 5) is 0. The molecule has 0 saturated carbocycles. The molecule has 0 bridgehead atoms. The van der Waals surface area contributed by atoms with Crippen LogP contribution in [0.5, 0.6) is 0 Å². The molecule has 1 aromatic carbocycles. The summed E-state index contributed by atoms with van der Waals surface area (Å²) < 4.78 is 66.3. The number of benzene rings is 1. The van der Waals surface area contributed by atoms with Crippen molar-refractivity contribution in [3.8, 4) is 0 Å². The zero-order chi connectivity index (χ0) is 17.0. The van der Waals surface area contributed by atoms with Gasteiger partial charge in [0.1, 0.15) is 5.82 Å². The first-order chi connectivity index (χ1) is 10.8. The molecule has 9 heteroatoms. The van der Waals surface area contributed by atoms with Crippen LogP contribution in [0.2, 0.25) is 0 Å². The van der Waals surface area contributed by atoms with Crippen LogP contribution in [0.4, 0.5) is 13.2 Å². The molecule has 0 unspecified atom stereocenters. The zero-order valence-corrected chi connectivity index (χ0v) is 13.2. The third kappa shape index (κ3) is 4.80. The van der Waals surface area contributed by atoms with Gasteiger partial charge in [0.25, 0.3) is 6.43 Å². The van der Waals surface area contributed by atoms with Crippen LogP contribution in [0.3, 0.4) is 0 Å². The summed E-state index contributed by atoms with van der Waals surface area (Å²) in [6.07, 6.45) is -1.60. The fourth-order valence-corrected chi connectivity index (χ4v) is 3.06. The summed E-state index contributed by atoms with van der Waals surface area (Å²) in [5.41, 5.74) is -0.0646. The molecule has 1 heterocycles. The van der Waals surface area contributed by atoms with Gasteiger partial charge in [-0.25, -0.2) is 26.3 Å². The van der Waals surface area contributed by atoms with E-state index in [-0.39, 0.29) is 35.5 Å². The lowest BCUT2D eigenvalue weighted by molar-refractivity contribution is 0.150. The number of halogens is 3. The Morgan fingerprint density at radius 2 is 2.00 bits per heavy atom. The Morgan fingerprint density at radius 3 is 2.65 bits per heavy atom. The predicted molar refractivity (Wildman–Crippen MR) is 78.9 cm³/mol. The van der Waals surface area contributed by atoms with Gasteiger partial charge in [-0.1, -0.05) is 18.2 Å². The minimum atomic E-state index is -3.74. The molecule has 0 aliphatic heterocycles. The van der Waals surface area contributed by atoms with Crippen LogP contribution in [-0.2, 0) is 30.0 Å². The summed E-state index contributed by atoms with van der Waals surface area (Å²) in [6.45, 7) is -0.333. The van der Waals surface area contributed by atoms with Gasteiger partial charge in [-0.3, -0.25) is 4.68 Å². The van der Waals surface area contributed by atoms with E-state index in [0.29, 0.717) is 0 Å². The number of hydrogen-bond donors (Lipinski definition) is 1. The SMILES string of the molecule is Cn1cc(C(F)F)c(CNS(=O)(=O)CCc2ccccc2F)n1. The second kappa shape index (κ2) is 7.14. The van der Waals surface area contributed by atoms with E-state index in [4.69, 9.17) is 0 Å². The predicted octanol–water partition coefficient (Wildman–Crippen LogP) is 2.16. The van der Waals surface area contributed by atoms with Crippen molar-refractivity contribution < 1.29 is 21.6 Å². The van der Waals surface area contributed by atoms with Crippen molar-refractivity contribution in [3.05, 3.63) is 53.1 Å². The number of alkyl halides is 2. The topological polar surface area (TPSA) is 64.0 Å². The average Bonchev–Trinajstić information content (AvgIpc) is 2.86. The summed E-state index contributed by atoms with van der Waals surface area (Å²) >= 11 is 0. The summed E-state index contributed by atoms with van der Waals surface area (Å²) in [6, 6.07) is 5.87. The Hall–Kier alpha value is -1.87. The Bertz CT molecular complexity index is 775. The van der Waals surface area contributed by atoms with Gasteiger partial charge in [0.05, 0.1) is 23.6 Å². The molecule has 2 rings (SSSR count). The van der Waals surface area contributed by atoms with E-state index in [0.717, 1.165) is 6.20 Å². The molecule has 126 valence electrons. The Kier molecular flexibility index (Phi) is 5.42. The minimum Gasteiger partial charge on any atom is -0.275 e. The van der Waals surface area contributed by atoms with E-state index >= 15 is 0 Å². The van der Waals surface area contributed by atoms with Crippen LogP contribution >= 0.6 is 0 Å². The van der Waals surface area contributed by atoms with E-state index in [2.05, 4.69) is 9.82 Å². The van der Waals surface area contributed by atoms with Gasteiger partial charge < -0.3 is 0 Å². The van der Waals surface area contributed by atoms with Crippen LogP contribution in [0.1, 0.15) is 23.2 Å². The Labute approximate surface area is 132 Å². The minimum absolute atomic E-state index is 0.00801. The molecule has 0 aliphatic rings. The standard InChI is InChI=1S/C14H16F3N3O2S/c1-20-9-11(14(16)17)13(19-20)8-18-23(21,22)7-6-10-4-2-3-5-12(10)15/h2-5,9,14,18H,6-8H2,1H3. The molecular formula is C14H16F3N3O2S. The van der Waals surface area contributed by atoms with Crippen molar-refractivity contribution in [1.82, 2.24) is 14.5 Å². The largest absolute Gasteiger partial charge is 0.275 e. The lowest BCUT2D eigenvalue weighted by atomic mass is 10.2. The Balaban J connectivity index is 1.98. The maximum atomic E-state index is 13.4. The van der Waals surface area contributed by atoms with Crippen LogP contribution < -0.4 is 4.72 Å². The molecule has 0 radical (unpaired) electrons. The number of sulfonamides is 1. The number of hydrogen-bond acceptors (Lipinski definition) is 3. The van der Waals surface area contributed by atoms with Crippen LogP contribution in [0.15, 0.2) is 30.5 Å². The van der Waals surface area contributed by atoms with E-state index in [1.165, 1.54) is 29.9 Å². The fraction of sp³-hybridized carbons (Fsp3) is 0.357. The Morgan fingerprint density at radius 1 is 1.30 bits per heavy atom. The summed E-state index contributed by atoms with van der Waals surface area (Å²) in [5.74, 6) is -0.822. The number of aryl methyl sites for hydroxylation is 2. The van der Waals surface area contributed by atoms with Crippen molar-refractivity contribution >= 4 is 10.0 Å². The lowest BCUT2D eigenvalue weighted by Crippen LogP contribution is -2.27. The van der Waals surface area contributed by atoms with Gasteiger partial charge in [-0.15, -0.1) is 0 Å². The van der Waals surface area contributed by atoms with E-state index in [1.54, 1.807) is 6.07 Å². The summed E-state index contributed by atoms with van der Waals surface area (Å²) in [7, 11) is -2.26. The number of nitrogens with one attached hydrogen (secondary N) is 1. The molecule has 1 aromatic heterocycles. The third-order valence-electron chi connectivity index (χ3n) is 3.23. The van der Waals surface area contributed by atoms with Gasteiger partial charge in [-0.2, -0.15) is 5.10 Å². The van der Waals surface area contributed by atoms with E-state index in [1.807, 2.05) is 0 Å². The molecule has 0 saturated heterocycles. The molecule has 0 amide bonds. The monoisotopic (exact) mass is 347 g/mol. The van der Waals surface area contributed by atoms with Crippen molar-refractivity contribution in [2.24, 2.45) is 7.05 Å². The maximum absolute atomic E-state index is 13.4. The van der Waals surface area contributed by atoms with Gasteiger partial charge in [0, 0.05) is 13.2 Å². The molecule has 0 spiro atoms. The molecule has 2 aromatic rings. The van der Waals surface area contributed by atoms with Crippen LogP contribution in [-0.4, -0.2) is 24.0 Å². The lowest BCUT2D eigenvalue weighted by Gasteiger charge is -2.07. The average molecular weight is 347 g/mol. The molecule has 23 heavy (non-hydrogen) atoms. The first-order valence-corrected chi connectivity index (χ1v) is 8.45. The second-order valence-electron chi connectivity index (χ2n) is 4.99. The molecule has 5 nitrogen and oxygen atoms in total. The molecule has 1 N–H and O–H groups in total. The highest BCUT2D eigenvalue weighted by Gasteiger charge is 2.19. The molecular weight excluding hydrogens is 331 g/mol. The van der Waals surface area contributed by atoms with Crippen LogP contribution in [0.25, 0.3) is 0 Å². The van der Waals surface area contributed by atoms with Crippen molar-refractivity contribution in [1.29, 1.82) is 0 Å². The van der Waals surface area contributed by atoms with Gasteiger partial charge in [0.15, 0.2) is 0 Å². The van der Waals surface area contributed by atoms with E-state index in [9.17, 15) is 21.6 Å². The molecule has 0 atom stereocenters. The van der Waals surface area contributed by atoms with Crippen molar-refractivity contribution in [3.63, 3.8) is 0 Å². The zero-order valence-electron chi connectivity index (χ0n) is 12.3. The van der Waals surface area contributed by atoms with Gasteiger partial charge in [-0.05, 0) is 18.1 Å². The van der Waals surface area contributed by atoms with Crippen LogP contribution in [0, 0.1) is 5.82 Å². The second-order valence-corrected chi connectivity index (χ2v) is 6.91. The highest BCUT2D eigenvalue weighted by Crippen LogP contribution is 2.21. The quantitative estimate of drug-likeness (QED) is 0.835. The fourth-order valence-electron chi connectivity index (χ4n) is 2.07. The highest BCUT2D eigenvalue weighted by atomic mass is 32.2. The number of nitrogens with zero attached hydrogens (tertiary/aromatic N) is 2. The number of aromatic nitrogens is 2. The molecule has 0 fully saturated rings. The number of rotatable bonds is 7. The first-order valence-electron chi connectivity index (χ1n) is 6.80. The smallest absolute Gasteiger partial charge is 0.267 e. The van der Waals surface area contributed by atoms with Gasteiger partial charge >= 0.3 is 0 Å². The first kappa shape index (κ1) is 17.5. The third-order valence-corrected chi connectivity index (χ3v) is 4.56. The highest BCUT2D eigenvalue weighted by molar-refractivity contribution is 7.89. The normalized spacial score (nSPS) is 12.0. The van der Waals surface area contributed by atoms with Crippen molar-refractivity contribution in [2.75, 3.05) is 5.75 Å². The van der Waals surface area contributed by atoms with Crippen molar-refractivity contribution in [2.45, 2.75) is 19.4 Å². The summed E-state index contributed by atoms with van der Waals surface area (Å²) in [5, 5.41) is 3.82. The molecule has 0 aliphatic carbocycles.